The van der Waals surface area contributed by atoms with Gasteiger partial charge in [0.2, 0.25) is 18.3 Å². The van der Waals surface area contributed by atoms with Gasteiger partial charge in [0.25, 0.3) is 0 Å². The maximum atomic E-state index is 12.9. The lowest BCUT2D eigenvalue weighted by molar-refractivity contribution is -0.166. The summed E-state index contributed by atoms with van der Waals surface area (Å²) in [5.41, 5.74) is 0.737. The second-order valence-corrected chi connectivity index (χ2v) is 9.19. The Morgan fingerprint density at radius 1 is 1.11 bits per heavy atom. The number of esters is 1. The number of aromatic hydroxyl groups is 1. The average molecular weight is 501 g/mol. The minimum atomic E-state index is -1.54. The summed E-state index contributed by atoms with van der Waals surface area (Å²) >= 11 is 0. The Kier molecular flexibility index (Phi) is 6.70. The first-order valence-corrected chi connectivity index (χ1v) is 11.6. The number of aliphatic hydroxyl groups is 1. The van der Waals surface area contributed by atoms with Crippen LogP contribution >= 0.6 is 0 Å². The van der Waals surface area contributed by atoms with Crippen molar-refractivity contribution in [3.8, 4) is 45.6 Å². The smallest absolute Gasteiger partial charge is 0.334 e. The molecule has 36 heavy (non-hydrogen) atoms. The number of rotatable bonds is 5. The van der Waals surface area contributed by atoms with Crippen LogP contribution in [0, 0.1) is 5.92 Å². The van der Waals surface area contributed by atoms with Crippen molar-refractivity contribution in [2.24, 2.45) is 5.92 Å². The van der Waals surface area contributed by atoms with Crippen molar-refractivity contribution in [2.45, 2.75) is 45.8 Å². The van der Waals surface area contributed by atoms with Crippen molar-refractivity contribution in [2.75, 3.05) is 28.1 Å². The number of hydrogen-bond donors (Lipinski definition) is 2. The number of fused-ring (bicyclic) bond motifs is 4. The van der Waals surface area contributed by atoms with Crippen molar-refractivity contribution in [1.29, 1.82) is 0 Å². The van der Waals surface area contributed by atoms with Gasteiger partial charge in [0, 0.05) is 22.3 Å². The van der Waals surface area contributed by atoms with Gasteiger partial charge in [-0.2, -0.15) is 0 Å². The van der Waals surface area contributed by atoms with Crippen LogP contribution in [0.2, 0.25) is 0 Å². The molecule has 9 nitrogen and oxygen atoms in total. The molecule has 0 aromatic heterocycles. The number of phenols is 1. The van der Waals surface area contributed by atoms with Crippen molar-refractivity contribution >= 4 is 5.97 Å². The van der Waals surface area contributed by atoms with E-state index >= 15 is 0 Å². The Bertz CT molecular complexity index is 1230. The van der Waals surface area contributed by atoms with E-state index in [-0.39, 0.29) is 29.6 Å². The Balaban J connectivity index is 2.14. The zero-order chi connectivity index (χ0) is 26.4. The zero-order valence-corrected chi connectivity index (χ0v) is 21.6. The van der Waals surface area contributed by atoms with E-state index in [1.54, 1.807) is 32.9 Å². The monoisotopic (exact) mass is 500 g/mol. The van der Waals surface area contributed by atoms with Gasteiger partial charge < -0.3 is 38.6 Å². The highest BCUT2D eigenvalue weighted by molar-refractivity contribution is 5.90. The maximum absolute atomic E-state index is 12.9. The van der Waals surface area contributed by atoms with Crippen LogP contribution in [-0.4, -0.2) is 49.9 Å². The van der Waals surface area contributed by atoms with Gasteiger partial charge in [-0.1, -0.05) is 13.0 Å². The molecule has 9 heteroatoms. The summed E-state index contributed by atoms with van der Waals surface area (Å²) in [4.78, 5) is 12.9. The van der Waals surface area contributed by atoms with Crippen molar-refractivity contribution in [3.63, 3.8) is 0 Å². The summed E-state index contributed by atoms with van der Waals surface area (Å²) in [7, 11) is 4.35. The summed E-state index contributed by atoms with van der Waals surface area (Å²) < 4.78 is 34.0. The largest absolute Gasteiger partial charge is 0.504 e. The van der Waals surface area contributed by atoms with E-state index in [0.29, 0.717) is 40.4 Å². The fourth-order valence-electron chi connectivity index (χ4n) is 4.77. The third-order valence-electron chi connectivity index (χ3n) is 7.15. The van der Waals surface area contributed by atoms with E-state index < -0.39 is 23.6 Å². The van der Waals surface area contributed by atoms with Crippen LogP contribution in [0.5, 0.6) is 34.5 Å². The molecule has 1 aliphatic carbocycles. The Hall–Kier alpha value is -3.59. The summed E-state index contributed by atoms with van der Waals surface area (Å²) in [5, 5.41) is 23.4. The highest BCUT2D eigenvalue weighted by Crippen LogP contribution is 2.58. The molecule has 0 fully saturated rings. The number of methoxy groups -OCH3 is 3. The first-order chi connectivity index (χ1) is 17.1. The first kappa shape index (κ1) is 25.5. The molecule has 0 radical (unpaired) electrons. The van der Waals surface area contributed by atoms with Crippen LogP contribution in [-0.2, 0) is 16.0 Å². The Morgan fingerprint density at radius 2 is 1.81 bits per heavy atom. The third kappa shape index (κ3) is 3.87. The predicted molar refractivity (Wildman–Crippen MR) is 131 cm³/mol. The first-order valence-electron chi connectivity index (χ1n) is 11.6. The van der Waals surface area contributed by atoms with Crippen LogP contribution in [0.25, 0.3) is 11.1 Å². The van der Waals surface area contributed by atoms with E-state index in [1.807, 2.05) is 13.0 Å². The van der Waals surface area contributed by atoms with Crippen molar-refractivity contribution in [1.82, 2.24) is 0 Å². The fraction of sp³-hybridized carbons (Fsp3) is 0.444. The molecule has 4 rings (SSSR count). The predicted octanol–water partition coefficient (Wildman–Crippen LogP) is 4.31. The topological polar surface area (TPSA) is 113 Å². The van der Waals surface area contributed by atoms with E-state index in [0.717, 1.165) is 5.56 Å². The summed E-state index contributed by atoms with van der Waals surface area (Å²) in [5.74, 6) is 0.322. The molecule has 2 aliphatic rings. The normalized spacial score (nSPS) is 22.6. The molecule has 0 amide bonds. The zero-order valence-electron chi connectivity index (χ0n) is 21.6. The quantitative estimate of drug-likeness (QED) is 0.458. The molecular weight excluding hydrogens is 468 g/mol. The number of carbonyl (C=O) groups excluding carboxylic acids is 1. The van der Waals surface area contributed by atoms with Gasteiger partial charge in [0.1, 0.15) is 5.60 Å². The van der Waals surface area contributed by atoms with Gasteiger partial charge in [-0.25, -0.2) is 4.79 Å². The van der Waals surface area contributed by atoms with Crippen LogP contribution in [0.4, 0.5) is 0 Å². The van der Waals surface area contributed by atoms with Crippen LogP contribution < -0.4 is 23.7 Å². The molecule has 194 valence electrons. The van der Waals surface area contributed by atoms with Crippen LogP contribution in [0.3, 0.4) is 0 Å². The summed E-state index contributed by atoms with van der Waals surface area (Å²) in [6.07, 6.45) is 0.827. The van der Waals surface area contributed by atoms with Crippen molar-refractivity contribution < 1.29 is 43.4 Å². The summed E-state index contributed by atoms with van der Waals surface area (Å²) in [6, 6.07) is 3.43. The van der Waals surface area contributed by atoms with Gasteiger partial charge in [-0.15, -0.1) is 0 Å². The minimum absolute atomic E-state index is 0.0233. The fourth-order valence-corrected chi connectivity index (χ4v) is 4.77. The highest BCUT2D eigenvalue weighted by Gasteiger charge is 2.47. The lowest BCUT2D eigenvalue weighted by Crippen LogP contribution is -2.43. The molecule has 0 saturated carbocycles. The van der Waals surface area contributed by atoms with Gasteiger partial charge in [-0.3, -0.25) is 0 Å². The van der Waals surface area contributed by atoms with Gasteiger partial charge in [-0.05, 0) is 50.8 Å². The second-order valence-electron chi connectivity index (χ2n) is 9.19. The molecule has 2 aromatic carbocycles. The van der Waals surface area contributed by atoms with Crippen LogP contribution in [0.1, 0.15) is 44.9 Å². The minimum Gasteiger partial charge on any atom is -0.504 e. The number of benzene rings is 2. The Morgan fingerprint density at radius 3 is 2.42 bits per heavy atom. The number of phenolic OH excluding ortho intramolecular Hbond substituents is 1. The molecule has 0 saturated heterocycles. The standard InChI is InChI=1S/C27H32O9/c1-8-13(2)26(29)36-25-16-11-17(31-5)22(32-6)21(28)20(16)19-15(9-14(3)27(25,4)30)10-18-23(24(19)33-7)35-12-34-18/h8,10-11,14,25,28,30H,9,12H2,1-7H3/b13-8+/t14-,25-,27+/m0/s1. The van der Waals surface area contributed by atoms with E-state index in [1.165, 1.54) is 21.3 Å². The van der Waals surface area contributed by atoms with Gasteiger partial charge in [0.15, 0.2) is 29.1 Å². The average Bonchev–Trinajstić information content (AvgIpc) is 3.33. The molecule has 0 unspecified atom stereocenters. The number of hydrogen-bond acceptors (Lipinski definition) is 9. The van der Waals surface area contributed by atoms with Gasteiger partial charge in [0.05, 0.1) is 21.3 Å². The molecule has 3 atom stereocenters. The molecule has 1 heterocycles. The van der Waals surface area contributed by atoms with E-state index in [2.05, 4.69) is 0 Å². The Labute approximate surface area is 210 Å². The highest BCUT2D eigenvalue weighted by atomic mass is 16.7. The van der Waals surface area contributed by atoms with E-state index in [4.69, 9.17) is 28.4 Å². The molecule has 0 spiro atoms. The number of ether oxygens (including phenoxy) is 6. The molecule has 2 aromatic rings. The van der Waals surface area contributed by atoms with Crippen LogP contribution in [0.15, 0.2) is 23.8 Å². The summed E-state index contributed by atoms with van der Waals surface area (Å²) in [6.45, 7) is 6.88. The SMILES string of the molecule is C/C=C(\C)C(=O)O[C@H]1c2cc(OC)c(OC)c(O)c2-c2c(cc3c(c2OC)OCO3)C[C@H](C)[C@@]1(C)O. The lowest BCUT2D eigenvalue weighted by atomic mass is 9.73. The maximum Gasteiger partial charge on any atom is 0.334 e. The molecule has 2 N–H and O–H groups in total. The van der Waals surface area contributed by atoms with E-state index in [9.17, 15) is 15.0 Å². The molecule has 0 bridgehead atoms. The second kappa shape index (κ2) is 9.46. The molecule has 1 aliphatic heterocycles. The molecular formula is C27H32O9. The van der Waals surface area contributed by atoms with Gasteiger partial charge >= 0.3 is 5.97 Å². The number of allylic oxidation sites excluding steroid dienone is 1. The third-order valence-corrected chi connectivity index (χ3v) is 7.15. The number of carbonyl (C=O) groups is 1. The van der Waals surface area contributed by atoms with Crippen molar-refractivity contribution in [3.05, 3.63) is 34.9 Å². The lowest BCUT2D eigenvalue weighted by Gasteiger charge is -2.41.